The summed E-state index contributed by atoms with van der Waals surface area (Å²) in [6.45, 7) is 0. The zero-order valence-electron chi connectivity index (χ0n) is 9.06. The molecule has 0 spiro atoms. The molecule has 2 aromatic rings. The van der Waals surface area contributed by atoms with Crippen LogP contribution in [0.3, 0.4) is 0 Å². The molecule has 0 amide bonds. The highest BCUT2D eigenvalue weighted by Crippen LogP contribution is 2.27. The molecule has 1 aromatic heterocycles. The third-order valence-electron chi connectivity index (χ3n) is 2.21. The maximum absolute atomic E-state index is 11.7. The number of carbonyl (C=O) groups excluding carboxylic acids is 1. The fraction of sp³-hybridized carbons (Fsp3) is 0.154. The molecule has 0 radical (unpaired) electrons. The summed E-state index contributed by atoms with van der Waals surface area (Å²) in [4.78, 5) is 12.8. The molecular formula is C13H11BrO2S. The minimum Gasteiger partial charge on any atom is -0.472 e. The third-order valence-corrected chi connectivity index (χ3v) is 4.29. The first-order chi connectivity index (χ1) is 8.25. The molecule has 0 aliphatic heterocycles. The van der Waals surface area contributed by atoms with E-state index < -0.39 is 0 Å². The van der Waals surface area contributed by atoms with Crippen LogP contribution in [0.5, 0.6) is 0 Å². The molecule has 0 aliphatic carbocycles. The summed E-state index contributed by atoms with van der Waals surface area (Å²) in [5.74, 6) is 0.681. The van der Waals surface area contributed by atoms with E-state index in [9.17, 15) is 4.79 Å². The molecule has 4 heteroatoms. The summed E-state index contributed by atoms with van der Waals surface area (Å²) >= 11 is 5.01. The lowest BCUT2D eigenvalue weighted by atomic mass is 10.2. The number of hydrogen-bond acceptors (Lipinski definition) is 3. The molecule has 0 aliphatic rings. The van der Waals surface area contributed by atoms with E-state index >= 15 is 0 Å². The molecule has 1 heterocycles. The molecule has 0 bridgehead atoms. The van der Waals surface area contributed by atoms with Crippen LogP contribution in [0.4, 0.5) is 0 Å². The second-order valence-corrected chi connectivity index (χ2v) is 5.44. The van der Waals surface area contributed by atoms with Crippen LogP contribution in [0.15, 0.2) is 56.6 Å². The predicted octanol–water partition coefficient (Wildman–Crippen LogP) is 3.95. The molecule has 2 rings (SSSR count). The summed E-state index contributed by atoms with van der Waals surface area (Å²) in [5, 5.41) is 0. The Balaban J connectivity index is 1.86. The zero-order chi connectivity index (χ0) is 12.1. The van der Waals surface area contributed by atoms with Gasteiger partial charge < -0.3 is 4.42 Å². The summed E-state index contributed by atoms with van der Waals surface area (Å²) in [7, 11) is 0. The Bertz CT molecular complexity index is 494. The highest BCUT2D eigenvalue weighted by atomic mass is 79.9. The van der Waals surface area contributed by atoms with Gasteiger partial charge in [-0.3, -0.25) is 4.79 Å². The topological polar surface area (TPSA) is 30.2 Å². The van der Waals surface area contributed by atoms with Crippen molar-refractivity contribution in [2.45, 2.75) is 11.3 Å². The summed E-state index contributed by atoms with van der Waals surface area (Å²) in [5.41, 5.74) is 0.933. The van der Waals surface area contributed by atoms with Gasteiger partial charge in [-0.15, -0.1) is 11.8 Å². The smallest absolute Gasteiger partial charge is 0.147 e. The van der Waals surface area contributed by atoms with Crippen LogP contribution in [0.1, 0.15) is 5.56 Å². The van der Waals surface area contributed by atoms with Crippen molar-refractivity contribution in [2.75, 3.05) is 5.75 Å². The number of furan rings is 1. The summed E-state index contributed by atoms with van der Waals surface area (Å²) in [6, 6.07) is 9.72. The van der Waals surface area contributed by atoms with Crippen LogP contribution in [0.2, 0.25) is 0 Å². The Morgan fingerprint density at radius 1 is 1.29 bits per heavy atom. The van der Waals surface area contributed by atoms with E-state index in [1.54, 1.807) is 24.3 Å². The van der Waals surface area contributed by atoms with Crippen molar-refractivity contribution < 1.29 is 9.21 Å². The first-order valence-corrected chi connectivity index (χ1v) is 6.93. The van der Waals surface area contributed by atoms with Crippen molar-refractivity contribution in [2.24, 2.45) is 0 Å². The van der Waals surface area contributed by atoms with E-state index in [0.29, 0.717) is 12.2 Å². The lowest BCUT2D eigenvalue weighted by molar-refractivity contribution is -0.116. The largest absolute Gasteiger partial charge is 0.472 e. The van der Waals surface area contributed by atoms with Gasteiger partial charge >= 0.3 is 0 Å². The van der Waals surface area contributed by atoms with Crippen LogP contribution in [0.25, 0.3) is 0 Å². The van der Waals surface area contributed by atoms with Crippen molar-refractivity contribution in [1.82, 2.24) is 0 Å². The van der Waals surface area contributed by atoms with Gasteiger partial charge in [0.2, 0.25) is 0 Å². The van der Waals surface area contributed by atoms with Gasteiger partial charge in [-0.1, -0.05) is 12.1 Å². The number of hydrogen-bond donors (Lipinski definition) is 0. The average Bonchev–Trinajstić information content (AvgIpc) is 2.81. The quantitative estimate of drug-likeness (QED) is 0.783. The minimum atomic E-state index is 0.201. The van der Waals surface area contributed by atoms with E-state index in [-0.39, 0.29) is 5.78 Å². The lowest BCUT2D eigenvalue weighted by Gasteiger charge is -2.02. The van der Waals surface area contributed by atoms with Gasteiger partial charge in [-0.05, 0) is 39.7 Å². The molecule has 0 saturated carbocycles. The SMILES string of the molecule is O=C(CSc1ccccc1Br)Cc1ccoc1. The van der Waals surface area contributed by atoms with Crippen molar-refractivity contribution >= 4 is 33.5 Å². The molecule has 17 heavy (non-hydrogen) atoms. The van der Waals surface area contributed by atoms with Crippen LogP contribution < -0.4 is 0 Å². The van der Waals surface area contributed by atoms with Gasteiger partial charge in [-0.2, -0.15) is 0 Å². The monoisotopic (exact) mass is 310 g/mol. The number of benzene rings is 1. The molecular weight excluding hydrogens is 300 g/mol. The van der Waals surface area contributed by atoms with Crippen LogP contribution in [-0.2, 0) is 11.2 Å². The molecule has 88 valence electrons. The number of halogens is 1. The van der Waals surface area contributed by atoms with Gasteiger partial charge in [0.25, 0.3) is 0 Å². The maximum Gasteiger partial charge on any atom is 0.147 e. The van der Waals surface area contributed by atoms with E-state index in [4.69, 9.17) is 4.42 Å². The normalized spacial score (nSPS) is 10.4. The third kappa shape index (κ3) is 3.75. The summed E-state index contributed by atoms with van der Waals surface area (Å²) in [6.07, 6.45) is 3.64. The second kappa shape index (κ2) is 6.07. The highest BCUT2D eigenvalue weighted by molar-refractivity contribution is 9.10. The van der Waals surface area contributed by atoms with Crippen molar-refractivity contribution in [1.29, 1.82) is 0 Å². The molecule has 1 aromatic carbocycles. The number of carbonyl (C=O) groups is 1. The molecule has 0 fully saturated rings. The fourth-order valence-corrected chi connectivity index (χ4v) is 2.82. The molecule has 2 nitrogen and oxygen atoms in total. The van der Waals surface area contributed by atoms with E-state index in [1.165, 1.54) is 0 Å². The Kier molecular flexibility index (Phi) is 4.45. The van der Waals surface area contributed by atoms with Gasteiger partial charge in [-0.25, -0.2) is 0 Å². The Hall–Kier alpha value is -1.00. The minimum absolute atomic E-state index is 0.201. The number of thioether (sulfide) groups is 1. The van der Waals surface area contributed by atoms with Gasteiger partial charge in [0.15, 0.2) is 0 Å². The first kappa shape index (κ1) is 12.5. The van der Waals surface area contributed by atoms with Crippen molar-refractivity contribution in [3.63, 3.8) is 0 Å². The standard InChI is InChI=1S/C13H11BrO2S/c14-12-3-1-2-4-13(12)17-9-11(15)7-10-5-6-16-8-10/h1-6,8H,7,9H2. The number of Topliss-reactive ketones (excluding diaryl/α,β-unsaturated/α-hetero) is 1. The van der Waals surface area contributed by atoms with Gasteiger partial charge in [0, 0.05) is 15.8 Å². The molecule has 0 N–H and O–H groups in total. The second-order valence-electron chi connectivity index (χ2n) is 3.57. The number of ketones is 1. The summed E-state index contributed by atoms with van der Waals surface area (Å²) < 4.78 is 5.96. The number of rotatable bonds is 5. The van der Waals surface area contributed by atoms with Gasteiger partial charge in [0.1, 0.15) is 5.78 Å². The highest BCUT2D eigenvalue weighted by Gasteiger charge is 2.07. The first-order valence-electron chi connectivity index (χ1n) is 5.16. The Morgan fingerprint density at radius 2 is 2.12 bits per heavy atom. The van der Waals surface area contributed by atoms with E-state index in [1.807, 2.05) is 30.3 Å². The maximum atomic E-state index is 11.7. The Morgan fingerprint density at radius 3 is 2.82 bits per heavy atom. The average molecular weight is 311 g/mol. The lowest BCUT2D eigenvalue weighted by Crippen LogP contribution is -2.04. The molecule has 0 unspecified atom stereocenters. The zero-order valence-corrected chi connectivity index (χ0v) is 11.5. The van der Waals surface area contributed by atoms with Crippen molar-refractivity contribution in [3.8, 4) is 0 Å². The Labute approximate surface area is 113 Å². The van der Waals surface area contributed by atoms with Crippen LogP contribution >= 0.6 is 27.7 Å². The van der Waals surface area contributed by atoms with Crippen molar-refractivity contribution in [3.05, 3.63) is 52.9 Å². The van der Waals surface area contributed by atoms with E-state index in [0.717, 1.165) is 14.9 Å². The predicted molar refractivity (Wildman–Crippen MR) is 72.3 cm³/mol. The molecule has 0 saturated heterocycles. The fourth-order valence-electron chi connectivity index (χ4n) is 1.39. The van der Waals surface area contributed by atoms with Gasteiger partial charge in [0.05, 0.1) is 18.3 Å². The van der Waals surface area contributed by atoms with Crippen LogP contribution in [0, 0.1) is 0 Å². The van der Waals surface area contributed by atoms with E-state index in [2.05, 4.69) is 15.9 Å². The van der Waals surface area contributed by atoms with Crippen LogP contribution in [-0.4, -0.2) is 11.5 Å². The molecule has 0 atom stereocenters.